The van der Waals surface area contributed by atoms with E-state index in [4.69, 9.17) is 4.74 Å². The Kier molecular flexibility index (Phi) is 4.72. The highest BCUT2D eigenvalue weighted by atomic mass is 32.2. The predicted molar refractivity (Wildman–Crippen MR) is 81.6 cm³/mol. The average Bonchev–Trinajstić information content (AvgIpc) is 2.96. The van der Waals surface area contributed by atoms with E-state index in [0.29, 0.717) is 18.4 Å². The molecule has 1 saturated heterocycles. The number of rotatable bonds is 5. The fraction of sp³-hybridized carbons (Fsp3) is 0.333. The van der Waals surface area contributed by atoms with Crippen LogP contribution in [0.25, 0.3) is 0 Å². The van der Waals surface area contributed by atoms with E-state index in [0.717, 1.165) is 12.1 Å². The Bertz CT molecular complexity index is 798. The first-order valence-electron chi connectivity index (χ1n) is 7.29. The van der Waals surface area contributed by atoms with Crippen molar-refractivity contribution in [2.75, 3.05) is 13.1 Å². The summed E-state index contributed by atoms with van der Waals surface area (Å²) in [5.41, 5.74) is 0.0748. The van der Waals surface area contributed by atoms with Crippen molar-refractivity contribution in [3.63, 3.8) is 0 Å². The second-order valence-corrected chi connectivity index (χ2v) is 7.45. The summed E-state index contributed by atoms with van der Waals surface area (Å²) < 4.78 is 58.1. The zero-order chi connectivity index (χ0) is 17.2. The van der Waals surface area contributed by atoms with Crippen molar-refractivity contribution in [2.45, 2.75) is 18.3 Å². The summed E-state index contributed by atoms with van der Waals surface area (Å²) in [5, 5.41) is 7.48. The zero-order valence-electron chi connectivity index (χ0n) is 12.6. The molecule has 128 valence electrons. The minimum Gasteiger partial charge on any atom is -0.472 e. The molecule has 0 radical (unpaired) electrons. The lowest BCUT2D eigenvalue weighted by atomic mass is 10.2. The van der Waals surface area contributed by atoms with Crippen LogP contribution >= 0.6 is 0 Å². The highest BCUT2D eigenvalue weighted by molar-refractivity contribution is 7.88. The summed E-state index contributed by atoms with van der Waals surface area (Å²) in [6.07, 6.45) is 1.68. The molecule has 0 aliphatic carbocycles. The molecule has 1 atom stereocenters. The van der Waals surface area contributed by atoms with Gasteiger partial charge >= 0.3 is 0 Å². The number of nitrogens with zero attached hydrogens (tertiary/aromatic N) is 3. The van der Waals surface area contributed by atoms with Gasteiger partial charge in [-0.2, -0.15) is 9.40 Å². The Labute approximate surface area is 138 Å². The van der Waals surface area contributed by atoms with Crippen LogP contribution < -0.4 is 4.74 Å². The number of hydrogen-bond donors (Lipinski definition) is 0. The van der Waals surface area contributed by atoms with E-state index >= 15 is 0 Å². The Balaban J connectivity index is 1.65. The maximum atomic E-state index is 13.2. The highest BCUT2D eigenvalue weighted by Gasteiger charge is 2.33. The number of ether oxygens (including phenoxy) is 1. The van der Waals surface area contributed by atoms with Crippen LogP contribution in [0.4, 0.5) is 8.78 Å². The monoisotopic (exact) mass is 355 g/mol. The molecule has 1 fully saturated rings. The first-order chi connectivity index (χ1) is 11.4. The van der Waals surface area contributed by atoms with Gasteiger partial charge < -0.3 is 4.74 Å². The van der Waals surface area contributed by atoms with Crippen LogP contribution in [0.2, 0.25) is 0 Å². The lowest BCUT2D eigenvalue weighted by molar-refractivity contribution is 0.204. The highest BCUT2D eigenvalue weighted by Crippen LogP contribution is 2.21. The van der Waals surface area contributed by atoms with Gasteiger partial charge in [-0.15, -0.1) is 5.10 Å². The summed E-state index contributed by atoms with van der Waals surface area (Å²) in [6, 6.07) is 6.05. The molecule has 2 heterocycles. The minimum atomic E-state index is -3.69. The first kappa shape index (κ1) is 16.7. The minimum absolute atomic E-state index is 0.0748. The third-order valence-corrected chi connectivity index (χ3v) is 5.42. The summed E-state index contributed by atoms with van der Waals surface area (Å²) in [4.78, 5) is 0. The van der Waals surface area contributed by atoms with Crippen LogP contribution in [0, 0.1) is 11.6 Å². The predicted octanol–water partition coefficient (Wildman–Crippen LogP) is 1.74. The molecule has 24 heavy (non-hydrogen) atoms. The zero-order valence-corrected chi connectivity index (χ0v) is 13.4. The molecule has 6 nitrogen and oxygen atoms in total. The van der Waals surface area contributed by atoms with Crippen LogP contribution in [-0.2, 0) is 15.8 Å². The van der Waals surface area contributed by atoms with E-state index in [1.807, 2.05) is 0 Å². The smallest absolute Gasteiger partial charge is 0.233 e. The van der Waals surface area contributed by atoms with Gasteiger partial charge in [-0.25, -0.2) is 17.2 Å². The van der Waals surface area contributed by atoms with Gasteiger partial charge in [-0.3, -0.25) is 0 Å². The lowest BCUT2D eigenvalue weighted by Gasteiger charge is -2.17. The molecule has 0 bridgehead atoms. The van der Waals surface area contributed by atoms with Crippen molar-refractivity contribution >= 4 is 10.0 Å². The van der Waals surface area contributed by atoms with Crippen LogP contribution in [0.1, 0.15) is 12.0 Å². The average molecular weight is 355 g/mol. The van der Waals surface area contributed by atoms with E-state index in [-0.39, 0.29) is 24.8 Å². The number of halogens is 2. The van der Waals surface area contributed by atoms with E-state index in [2.05, 4.69) is 10.2 Å². The fourth-order valence-electron chi connectivity index (χ4n) is 2.56. The number of benzene rings is 1. The largest absolute Gasteiger partial charge is 0.472 e. The van der Waals surface area contributed by atoms with E-state index in [1.165, 1.54) is 10.5 Å². The summed E-state index contributed by atoms with van der Waals surface area (Å²) >= 11 is 0. The van der Waals surface area contributed by atoms with Crippen molar-refractivity contribution in [3.05, 3.63) is 53.7 Å². The first-order valence-corrected chi connectivity index (χ1v) is 8.90. The molecule has 0 saturated carbocycles. The van der Waals surface area contributed by atoms with Gasteiger partial charge in [-0.1, -0.05) is 0 Å². The van der Waals surface area contributed by atoms with Gasteiger partial charge in [-0.05, 0) is 30.2 Å². The van der Waals surface area contributed by atoms with E-state index in [1.54, 1.807) is 12.1 Å². The molecule has 1 aromatic carbocycles. The molecular formula is C15H15F2N3O3S. The Morgan fingerprint density at radius 2 is 2.00 bits per heavy atom. The molecule has 1 aliphatic rings. The maximum absolute atomic E-state index is 13.2. The number of sulfonamides is 1. The molecular weight excluding hydrogens is 340 g/mol. The quantitative estimate of drug-likeness (QED) is 0.817. The van der Waals surface area contributed by atoms with Gasteiger partial charge in [0.05, 0.1) is 12.3 Å². The van der Waals surface area contributed by atoms with E-state index in [9.17, 15) is 17.2 Å². The van der Waals surface area contributed by atoms with Gasteiger partial charge in [0.15, 0.2) is 0 Å². The van der Waals surface area contributed by atoms with Crippen LogP contribution in [0.3, 0.4) is 0 Å². The van der Waals surface area contributed by atoms with Gasteiger partial charge in [0.25, 0.3) is 0 Å². The van der Waals surface area contributed by atoms with Crippen LogP contribution in [0.5, 0.6) is 5.88 Å². The second kappa shape index (κ2) is 6.78. The molecule has 9 heteroatoms. The SMILES string of the molecule is O=S(=O)(Cc1cc(F)cc(F)c1)N1CC[C@@H](Oc2cccnn2)C1. The Hall–Kier alpha value is -2.13. The molecule has 1 aromatic heterocycles. The topological polar surface area (TPSA) is 72.4 Å². The van der Waals surface area contributed by atoms with Gasteiger partial charge in [0.2, 0.25) is 15.9 Å². The lowest BCUT2D eigenvalue weighted by Crippen LogP contribution is -2.32. The standard InChI is InChI=1S/C15H15F2N3O3S/c16-12-6-11(7-13(17)8-12)10-24(21,22)20-5-3-14(9-20)23-15-2-1-4-18-19-15/h1-2,4,6-8,14H,3,5,9-10H2/t14-/m1/s1. The van der Waals surface area contributed by atoms with Gasteiger partial charge in [0, 0.05) is 24.9 Å². The maximum Gasteiger partial charge on any atom is 0.233 e. The van der Waals surface area contributed by atoms with Crippen molar-refractivity contribution in [1.82, 2.24) is 14.5 Å². The van der Waals surface area contributed by atoms with E-state index < -0.39 is 27.4 Å². The van der Waals surface area contributed by atoms with Crippen molar-refractivity contribution < 1.29 is 21.9 Å². The van der Waals surface area contributed by atoms with Crippen LogP contribution in [0.15, 0.2) is 36.5 Å². The molecule has 0 N–H and O–H groups in total. The molecule has 2 aromatic rings. The van der Waals surface area contributed by atoms with Crippen molar-refractivity contribution in [1.29, 1.82) is 0 Å². The third kappa shape index (κ3) is 4.04. The summed E-state index contributed by atoms with van der Waals surface area (Å²) in [7, 11) is -3.69. The van der Waals surface area contributed by atoms with Crippen molar-refractivity contribution in [3.8, 4) is 5.88 Å². The molecule has 1 aliphatic heterocycles. The van der Waals surface area contributed by atoms with Gasteiger partial charge in [0.1, 0.15) is 17.7 Å². The second-order valence-electron chi connectivity index (χ2n) is 5.48. The summed E-state index contributed by atoms with van der Waals surface area (Å²) in [6.45, 7) is 0.446. The molecule has 0 amide bonds. The number of aromatic nitrogens is 2. The van der Waals surface area contributed by atoms with Crippen molar-refractivity contribution in [2.24, 2.45) is 0 Å². The fourth-order valence-corrected chi connectivity index (χ4v) is 4.11. The Morgan fingerprint density at radius 3 is 2.67 bits per heavy atom. The third-order valence-electron chi connectivity index (χ3n) is 3.61. The Morgan fingerprint density at radius 1 is 1.25 bits per heavy atom. The summed E-state index contributed by atoms with van der Waals surface area (Å²) in [5.74, 6) is -1.73. The molecule has 3 rings (SSSR count). The molecule has 0 spiro atoms. The number of hydrogen-bond acceptors (Lipinski definition) is 5. The normalized spacial score (nSPS) is 18.7. The van der Waals surface area contributed by atoms with Crippen LogP contribution in [-0.4, -0.2) is 42.1 Å². The molecule has 0 unspecified atom stereocenters.